The van der Waals surface area contributed by atoms with Crippen molar-refractivity contribution in [1.29, 1.82) is 0 Å². The molecule has 126 valence electrons. The molecule has 24 heavy (non-hydrogen) atoms. The molecule has 1 fully saturated rings. The molecule has 1 aliphatic rings. The Kier molecular flexibility index (Phi) is 5.00. The summed E-state index contributed by atoms with van der Waals surface area (Å²) in [6.45, 7) is 3.98. The minimum Gasteiger partial charge on any atom is -0.381 e. The Morgan fingerprint density at radius 2 is 1.67 bits per heavy atom. The van der Waals surface area contributed by atoms with Crippen LogP contribution in [0, 0.1) is 6.92 Å². The molecule has 0 spiro atoms. The second-order valence-electron chi connectivity index (χ2n) is 6.71. The lowest BCUT2D eigenvalue weighted by Gasteiger charge is -2.39. The molecule has 2 aromatic rings. The van der Waals surface area contributed by atoms with Gasteiger partial charge in [-0.25, -0.2) is 0 Å². The summed E-state index contributed by atoms with van der Waals surface area (Å²) in [5.74, 6) is 0.192. The maximum Gasteiger partial charge on any atom is 0.233 e. The molecule has 0 unspecified atom stereocenters. The molecule has 1 aliphatic heterocycles. The summed E-state index contributed by atoms with van der Waals surface area (Å²) in [5.41, 5.74) is 3.04. The lowest BCUT2D eigenvalue weighted by Crippen LogP contribution is -2.48. The molecular weight excluding hydrogens is 298 g/mol. The van der Waals surface area contributed by atoms with Crippen LogP contribution >= 0.6 is 0 Å². The Morgan fingerprint density at radius 3 is 2.29 bits per heavy atom. The van der Waals surface area contributed by atoms with Gasteiger partial charge in [0.25, 0.3) is 0 Å². The maximum atomic E-state index is 13.4. The highest BCUT2D eigenvalue weighted by Crippen LogP contribution is 2.36. The van der Waals surface area contributed by atoms with Crippen molar-refractivity contribution in [2.24, 2.45) is 0 Å². The van der Waals surface area contributed by atoms with Crippen molar-refractivity contribution in [3.05, 3.63) is 71.3 Å². The van der Waals surface area contributed by atoms with Crippen molar-refractivity contribution >= 4 is 5.91 Å². The predicted molar refractivity (Wildman–Crippen MR) is 95.8 cm³/mol. The zero-order valence-electron chi connectivity index (χ0n) is 14.5. The van der Waals surface area contributed by atoms with Crippen molar-refractivity contribution in [2.45, 2.75) is 31.7 Å². The molecule has 0 aliphatic carbocycles. The first-order valence-electron chi connectivity index (χ1n) is 8.56. The molecule has 2 aromatic carbocycles. The first kappa shape index (κ1) is 16.7. The van der Waals surface area contributed by atoms with Crippen LogP contribution in [-0.4, -0.2) is 31.1 Å². The summed E-state index contributed by atoms with van der Waals surface area (Å²) >= 11 is 0. The number of carbonyl (C=O) groups is 1. The highest BCUT2D eigenvalue weighted by molar-refractivity contribution is 5.88. The first-order valence-corrected chi connectivity index (χ1v) is 8.56. The van der Waals surface area contributed by atoms with E-state index in [0.717, 1.165) is 24.0 Å². The van der Waals surface area contributed by atoms with Gasteiger partial charge in [0.2, 0.25) is 5.91 Å². The first-order chi connectivity index (χ1) is 11.6. The summed E-state index contributed by atoms with van der Waals surface area (Å²) in [5, 5.41) is 0. The molecule has 0 radical (unpaired) electrons. The van der Waals surface area contributed by atoms with Crippen molar-refractivity contribution < 1.29 is 9.53 Å². The van der Waals surface area contributed by atoms with Gasteiger partial charge >= 0.3 is 0 Å². The Labute approximate surface area is 144 Å². The van der Waals surface area contributed by atoms with Crippen LogP contribution in [0.3, 0.4) is 0 Å². The van der Waals surface area contributed by atoms with E-state index in [2.05, 4.69) is 43.3 Å². The Hall–Kier alpha value is -2.13. The third-order valence-electron chi connectivity index (χ3n) is 4.97. The lowest BCUT2D eigenvalue weighted by atomic mass is 9.73. The van der Waals surface area contributed by atoms with Gasteiger partial charge in [0.1, 0.15) is 0 Å². The van der Waals surface area contributed by atoms with E-state index in [0.29, 0.717) is 19.8 Å². The highest BCUT2D eigenvalue weighted by Gasteiger charge is 2.43. The third kappa shape index (κ3) is 3.36. The quantitative estimate of drug-likeness (QED) is 0.858. The number of likely N-dealkylation sites (N-methyl/N-ethyl adjacent to an activating group) is 1. The standard InChI is InChI=1S/C21H25NO2/c1-17-8-10-18(11-9-17)16-22(2)20(23)21(12-14-24-15-13-21)19-6-4-3-5-7-19/h3-11H,12-16H2,1-2H3. The molecule has 3 rings (SSSR count). The van der Waals surface area contributed by atoms with Crippen molar-refractivity contribution in [2.75, 3.05) is 20.3 Å². The van der Waals surface area contributed by atoms with E-state index in [4.69, 9.17) is 4.74 Å². The van der Waals surface area contributed by atoms with Gasteiger partial charge in [-0.1, -0.05) is 60.2 Å². The van der Waals surface area contributed by atoms with E-state index in [1.54, 1.807) is 0 Å². The number of hydrogen-bond donors (Lipinski definition) is 0. The van der Waals surface area contributed by atoms with E-state index in [9.17, 15) is 4.79 Å². The monoisotopic (exact) mass is 323 g/mol. The van der Waals surface area contributed by atoms with Crippen LogP contribution < -0.4 is 0 Å². The molecular formula is C21H25NO2. The second-order valence-corrected chi connectivity index (χ2v) is 6.71. The molecule has 1 heterocycles. The van der Waals surface area contributed by atoms with Gasteiger partial charge in [0.15, 0.2) is 0 Å². The number of ether oxygens (including phenoxy) is 1. The van der Waals surface area contributed by atoms with Crippen molar-refractivity contribution in [1.82, 2.24) is 4.90 Å². The molecule has 3 heteroatoms. The molecule has 0 aromatic heterocycles. The van der Waals surface area contributed by atoms with Crippen LogP contribution in [0.25, 0.3) is 0 Å². The number of hydrogen-bond acceptors (Lipinski definition) is 2. The van der Waals surface area contributed by atoms with Crippen LogP contribution in [0.4, 0.5) is 0 Å². The van der Waals surface area contributed by atoms with E-state index < -0.39 is 5.41 Å². The Balaban J connectivity index is 1.84. The number of carbonyl (C=O) groups excluding carboxylic acids is 1. The summed E-state index contributed by atoms with van der Waals surface area (Å²) in [6, 6.07) is 18.5. The van der Waals surface area contributed by atoms with Crippen LogP contribution in [0.5, 0.6) is 0 Å². The number of benzene rings is 2. The fourth-order valence-electron chi connectivity index (χ4n) is 3.51. The van der Waals surface area contributed by atoms with Crippen LogP contribution in [0.15, 0.2) is 54.6 Å². The SMILES string of the molecule is Cc1ccc(CN(C)C(=O)C2(c3ccccc3)CCOCC2)cc1. The smallest absolute Gasteiger partial charge is 0.233 e. The Bertz CT molecular complexity index is 673. The second kappa shape index (κ2) is 7.18. The largest absolute Gasteiger partial charge is 0.381 e. The molecule has 0 atom stereocenters. The lowest BCUT2D eigenvalue weighted by molar-refractivity contribution is -0.140. The number of nitrogens with zero attached hydrogens (tertiary/aromatic N) is 1. The van der Waals surface area contributed by atoms with E-state index in [1.165, 1.54) is 5.56 Å². The molecule has 1 saturated heterocycles. The van der Waals surface area contributed by atoms with Gasteiger partial charge in [0.05, 0.1) is 5.41 Å². The topological polar surface area (TPSA) is 29.5 Å². The molecule has 0 bridgehead atoms. The summed E-state index contributed by atoms with van der Waals surface area (Å²) in [6.07, 6.45) is 1.49. The fourth-order valence-corrected chi connectivity index (χ4v) is 3.51. The average molecular weight is 323 g/mol. The van der Waals surface area contributed by atoms with Gasteiger partial charge in [-0.2, -0.15) is 0 Å². The third-order valence-corrected chi connectivity index (χ3v) is 4.97. The molecule has 1 amide bonds. The average Bonchev–Trinajstić information content (AvgIpc) is 2.64. The molecule has 3 nitrogen and oxygen atoms in total. The van der Waals surface area contributed by atoms with Gasteiger partial charge < -0.3 is 9.64 Å². The van der Waals surface area contributed by atoms with Gasteiger partial charge in [-0.3, -0.25) is 4.79 Å². The summed E-state index contributed by atoms with van der Waals surface area (Å²) < 4.78 is 5.54. The zero-order chi connectivity index (χ0) is 17.0. The van der Waals surface area contributed by atoms with Gasteiger partial charge in [0, 0.05) is 26.8 Å². The number of rotatable bonds is 4. The number of aryl methyl sites for hydroxylation is 1. The summed E-state index contributed by atoms with van der Waals surface area (Å²) in [4.78, 5) is 15.2. The molecule has 0 N–H and O–H groups in total. The van der Waals surface area contributed by atoms with Gasteiger partial charge in [-0.05, 0) is 30.9 Å². The minimum atomic E-state index is -0.459. The zero-order valence-corrected chi connectivity index (χ0v) is 14.5. The van der Waals surface area contributed by atoms with Crippen LogP contribution in [0.1, 0.15) is 29.5 Å². The van der Waals surface area contributed by atoms with E-state index in [-0.39, 0.29) is 5.91 Å². The number of amides is 1. The summed E-state index contributed by atoms with van der Waals surface area (Å²) in [7, 11) is 1.91. The predicted octanol–water partition coefficient (Wildman–Crippen LogP) is 3.70. The van der Waals surface area contributed by atoms with Crippen molar-refractivity contribution in [3.8, 4) is 0 Å². The van der Waals surface area contributed by atoms with Crippen LogP contribution in [0.2, 0.25) is 0 Å². The molecule has 0 saturated carbocycles. The van der Waals surface area contributed by atoms with E-state index >= 15 is 0 Å². The van der Waals surface area contributed by atoms with Crippen molar-refractivity contribution in [3.63, 3.8) is 0 Å². The minimum absolute atomic E-state index is 0.192. The maximum absolute atomic E-state index is 13.4. The Morgan fingerprint density at radius 1 is 1.04 bits per heavy atom. The van der Waals surface area contributed by atoms with Gasteiger partial charge in [-0.15, -0.1) is 0 Å². The van der Waals surface area contributed by atoms with Crippen LogP contribution in [-0.2, 0) is 21.5 Å². The highest BCUT2D eigenvalue weighted by atomic mass is 16.5. The fraction of sp³-hybridized carbons (Fsp3) is 0.381. The van der Waals surface area contributed by atoms with E-state index in [1.807, 2.05) is 30.1 Å². The normalized spacial score (nSPS) is 16.6.